The van der Waals surface area contributed by atoms with Gasteiger partial charge in [-0.15, -0.1) is 11.3 Å². The molecule has 2 aliphatic heterocycles. The fourth-order valence-electron chi connectivity index (χ4n) is 5.88. The van der Waals surface area contributed by atoms with Crippen LogP contribution in [0, 0.1) is 5.41 Å². The van der Waals surface area contributed by atoms with E-state index in [1.54, 1.807) is 29.3 Å². The lowest BCUT2D eigenvalue weighted by Gasteiger charge is -2.39. The molecule has 1 aromatic carbocycles. The number of aryl methyl sites for hydroxylation is 1. The summed E-state index contributed by atoms with van der Waals surface area (Å²) in [4.78, 5) is 47.7. The maximum absolute atomic E-state index is 13.6. The molecule has 0 aliphatic carbocycles. The van der Waals surface area contributed by atoms with E-state index in [9.17, 15) is 24.6 Å². The lowest BCUT2D eigenvalue weighted by molar-refractivity contribution is -0.133. The second-order valence-corrected chi connectivity index (χ2v) is 13.6. The molecule has 1 saturated heterocycles. The van der Waals surface area contributed by atoms with Crippen LogP contribution in [0.25, 0.3) is 0 Å². The molecule has 3 heterocycles. The largest absolute Gasteiger partial charge is 0.478 e. The Morgan fingerprint density at radius 3 is 2.25 bits per heavy atom. The monoisotopic (exact) mass is 663 g/mol. The van der Waals surface area contributed by atoms with Crippen LogP contribution in [-0.4, -0.2) is 88.7 Å². The van der Waals surface area contributed by atoms with Crippen LogP contribution in [0.5, 0.6) is 0 Å². The molecule has 1 fully saturated rings. The number of nitrogens with one attached hydrogen (secondary N) is 2. The highest BCUT2D eigenvalue weighted by Crippen LogP contribution is 2.45. The first-order valence-corrected chi connectivity index (χ1v) is 16.3. The number of carbonyl (C=O) groups excluding carboxylic acids is 1. The van der Waals surface area contributed by atoms with Crippen LogP contribution in [0.15, 0.2) is 52.3 Å². The topological polar surface area (TPSA) is 135 Å². The maximum atomic E-state index is 13.6. The number of halogens is 2. The average molecular weight is 665 g/mol. The van der Waals surface area contributed by atoms with Gasteiger partial charge in [0, 0.05) is 84.3 Å². The van der Waals surface area contributed by atoms with Crippen LogP contribution in [0.2, 0.25) is 10.0 Å². The first-order chi connectivity index (χ1) is 20.9. The zero-order valence-corrected chi connectivity index (χ0v) is 27.5. The fourth-order valence-corrected chi connectivity index (χ4v) is 7.11. The van der Waals surface area contributed by atoms with E-state index in [0.717, 1.165) is 24.6 Å². The number of carboxylic acid groups (broad SMARTS) is 2. The summed E-state index contributed by atoms with van der Waals surface area (Å²) in [6.07, 6.45) is 2.09. The number of thiazole rings is 1. The van der Waals surface area contributed by atoms with E-state index in [-0.39, 0.29) is 56.6 Å². The molecule has 1 unspecified atom stereocenters. The third-order valence-electron chi connectivity index (χ3n) is 7.91. The molecule has 0 spiro atoms. The Morgan fingerprint density at radius 2 is 1.68 bits per heavy atom. The van der Waals surface area contributed by atoms with Crippen molar-refractivity contribution in [3.63, 3.8) is 0 Å². The van der Waals surface area contributed by atoms with Gasteiger partial charge in [0.2, 0.25) is 5.91 Å². The highest BCUT2D eigenvalue weighted by molar-refractivity contribution is 7.09. The number of hydrogen-bond acceptors (Lipinski definition) is 8. The summed E-state index contributed by atoms with van der Waals surface area (Å²) < 4.78 is 0. The van der Waals surface area contributed by atoms with Crippen LogP contribution >= 0.6 is 34.5 Å². The highest BCUT2D eigenvalue weighted by atomic mass is 35.5. The second-order valence-electron chi connectivity index (χ2n) is 11.8. The standard InChI is InChI=1S/C31H39Cl2N5O5S/c1-4-34-17-31(2,3)18-37-11-13-38(14-12-37)24(39)16-22-27(30(42)43)28(25-19(32)6-5-7-20(25)33)26(29(40)41)21(36-22)8-9-23-35-10-15-44-23/h5-7,10,15,28,34,36H,4,8-9,11-14,16-18H2,1-3H3,(H,40,41)(H,42,43). The number of nitrogens with zero attached hydrogens (tertiary/aromatic N) is 3. The van der Waals surface area contributed by atoms with Gasteiger partial charge in [-0.3, -0.25) is 9.69 Å². The molecular formula is C31H39Cl2N5O5S. The number of rotatable bonds is 13. The van der Waals surface area contributed by atoms with Gasteiger partial charge in [0.1, 0.15) is 0 Å². The van der Waals surface area contributed by atoms with Gasteiger partial charge in [0.05, 0.1) is 28.5 Å². The Kier molecular flexibility index (Phi) is 11.5. The molecule has 238 valence electrons. The predicted octanol–water partition coefficient (Wildman–Crippen LogP) is 4.62. The van der Waals surface area contributed by atoms with E-state index in [4.69, 9.17) is 23.2 Å². The van der Waals surface area contributed by atoms with Crippen molar-refractivity contribution in [3.05, 3.63) is 72.9 Å². The summed E-state index contributed by atoms with van der Waals surface area (Å²) in [6.45, 7) is 11.7. The lowest BCUT2D eigenvalue weighted by atomic mass is 9.79. The summed E-state index contributed by atoms with van der Waals surface area (Å²) in [7, 11) is 0. The number of benzene rings is 1. The van der Waals surface area contributed by atoms with E-state index in [2.05, 4.69) is 41.3 Å². The maximum Gasteiger partial charge on any atom is 0.334 e. The molecule has 44 heavy (non-hydrogen) atoms. The summed E-state index contributed by atoms with van der Waals surface area (Å²) in [5.74, 6) is -4.19. The molecule has 0 saturated carbocycles. The Hall–Kier alpha value is -2.96. The van der Waals surface area contributed by atoms with Crippen LogP contribution in [0.3, 0.4) is 0 Å². The minimum atomic E-state index is -1.35. The molecule has 13 heteroatoms. The molecule has 2 aromatic rings. The van der Waals surface area contributed by atoms with E-state index in [0.29, 0.717) is 38.3 Å². The number of hydrogen-bond donors (Lipinski definition) is 4. The van der Waals surface area contributed by atoms with Gasteiger partial charge in [-0.2, -0.15) is 0 Å². The Labute approximate surface area is 271 Å². The van der Waals surface area contributed by atoms with Crippen molar-refractivity contribution in [2.75, 3.05) is 45.8 Å². The molecule has 1 atom stereocenters. The van der Waals surface area contributed by atoms with Crippen molar-refractivity contribution in [2.45, 2.75) is 46.0 Å². The van der Waals surface area contributed by atoms with Gasteiger partial charge in [0.15, 0.2) is 0 Å². The molecule has 2 aliphatic rings. The van der Waals surface area contributed by atoms with Gasteiger partial charge in [-0.25, -0.2) is 14.6 Å². The van der Waals surface area contributed by atoms with Gasteiger partial charge < -0.3 is 25.7 Å². The van der Waals surface area contributed by atoms with Gasteiger partial charge in [-0.05, 0) is 30.5 Å². The van der Waals surface area contributed by atoms with Crippen molar-refractivity contribution < 1.29 is 24.6 Å². The molecular weight excluding hydrogens is 625 g/mol. The fraction of sp³-hybridized carbons (Fsp3) is 0.484. The third kappa shape index (κ3) is 8.19. The summed E-state index contributed by atoms with van der Waals surface area (Å²) >= 11 is 14.5. The number of aromatic nitrogens is 1. The number of carboxylic acids is 2. The van der Waals surface area contributed by atoms with E-state index >= 15 is 0 Å². The summed E-state index contributed by atoms with van der Waals surface area (Å²) in [5, 5.41) is 30.3. The molecule has 0 bridgehead atoms. The van der Waals surface area contributed by atoms with Gasteiger partial charge in [0.25, 0.3) is 0 Å². The molecule has 10 nitrogen and oxygen atoms in total. The third-order valence-corrected chi connectivity index (χ3v) is 9.41. The molecule has 1 aromatic heterocycles. The van der Waals surface area contributed by atoms with Crippen LogP contribution in [-0.2, 0) is 20.8 Å². The Bertz CT molecular complexity index is 1410. The van der Waals surface area contributed by atoms with Crippen molar-refractivity contribution in [1.82, 2.24) is 25.4 Å². The number of allylic oxidation sites excluding steroid dienone is 1. The first-order valence-electron chi connectivity index (χ1n) is 14.6. The SMILES string of the molecule is CCNCC(C)(C)CN1CCN(C(=O)CC2=C(C(=O)O)C(c3c(Cl)cccc3Cl)C(C(=O)O)=C(CCc3nccs3)N2)CC1. The second kappa shape index (κ2) is 14.9. The van der Waals surface area contributed by atoms with Crippen molar-refractivity contribution in [1.29, 1.82) is 0 Å². The number of dihydropyridines is 1. The number of amides is 1. The number of aliphatic carboxylic acids is 2. The van der Waals surface area contributed by atoms with Crippen LogP contribution < -0.4 is 10.6 Å². The van der Waals surface area contributed by atoms with Gasteiger partial charge in [-0.1, -0.05) is 50.0 Å². The zero-order valence-electron chi connectivity index (χ0n) is 25.2. The quantitative estimate of drug-likeness (QED) is 0.242. The summed E-state index contributed by atoms with van der Waals surface area (Å²) in [5.41, 5.74) is 0.267. The zero-order chi connectivity index (χ0) is 32.0. The number of piperazine rings is 1. The minimum Gasteiger partial charge on any atom is -0.478 e. The van der Waals surface area contributed by atoms with Crippen LogP contribution in [0.4, 0.5) is 0 Å². The van der Waals surface area contributed by atoms with Gasteiger partial charge >= 0.3 is 11.9 Å². The molecule has 4 N–H and O–H groups in total. The van der Waals surface area contributed by atoms with Crippen LogP contribution in [0.1, 0.15) is 50.1 Å². The smallest absolute Gasteiger partial charge is 0.334 e. The molecule has 0 radical (unpaired) electrons. The predicted molar refractivity (Wildman–Crippen MR) is 172 cm³/mol. The van der Waals surface area contributed by atoms with Crippen molar-refractivity contribution >= 4 is 52.4 Å². The molecule has 4 rings (SSSR count). The average Bonchev–Trinajstić information content (AvgIpc) is 3.48. The van der Waals surface area contributed by atoms with E-state index in [1.807, 2.05) is 5.38 Å². The summed E-state index contributed by atoms with van der Waals surface area (Å²) in [6, 6.07) is 4.70. The van der Waals surface area contributed by atoms with E-state index in [1.165, 1.54) is 11.3 Å². The Morgan fingerprint density at radius 1 is 1.05 bits per heavy atom. The first kappa shape index (κ1) is 33.9. The number of carbonyl (C=O) groups is 3. The minimum absolute atomic E-state index is 0.0770. The highest BCUT2D eigenvalue weighted by Gasteiger charge is 2.41. The van der Waals surface area contributed by atoms with E-state index < -0.39 is 17.9 Å². The van der Waals surface area contributed by atoms with Crippen molar-refractivity contribution in [2.24, 2.45) is 5.41 Å². The Balaban J connectivity index is 1.63. The van der Waals surface area contributed by atoms with Crippen molar-refractivity contribution in [3.8, 4) is 0 Å². The normalized spacial score (nSPS) is 18.0. The lowest BCUT2D eigenvalue weighted by Crippen LogP contribution is -2.52. The molecule has 1 amide bonds.